The molecule has 0 bridgehead atoms. The van der Waals surface area contributed by atoms with Gasteiger partial charge in [0.15, 0.2) is 0 Å². The average Bonchev–Trinajstić information content (AvgIpc) is 2.83. The Morgan fingerprint density at radius 2 is 1.95 bits per heavy atom. The Labute approximate surface area is 124 Å². The third-order valence-corrected chi connectivity index (χ3v) is 5.68. The van der Waals surface area contributed by atoms with Crippen molar-refractivity contribution >= 4 is 19.4 Å². The molecule has 1 aromatic rings. The minimum atomic E-state index is -0.908. The number of nitrogen functional groups attached to an aromatic ring is 1. The minimum Gasteiger partial charge on any atom is -0.399 e. The SMILES string of the molecule is C[Si](C)(C)CCCOC1CCN(c2ccc(N)cc2)C1. The molecule has 1 saturated heterocycles. The molecule has 1 aromatic carbocycles. The summed E-state index contributed by atoms with van der Waals surface area (Å²) in [7, 11) is -0.908. The predicted octanol–water partition coefficient (Wildman–Crippen LogP) is 3.59. The summed E-state index contributed by atoms with van der Waals surface area (Å²) in [6, 6.07) is 9.50. The van der Waals surface area contributed by atoms with E-state index in [2.05, 4.69) is 36.7 Å². The third kappa shape index (κ3) is 4.83. The lowest BCUT2D eigenvalue weighted by Crippen LogP contribution is -2.24. The highest BCUT2D eigenvalue weighted by atomic mass is 28.3. The van der Waals surface area contributed by atoms with Crippen molar-refractivity contribution < 1.29 is 4.74 Å². The number of rotatable bonds is 6. The van der Waals surface area contributed by atoms with Gasteiger partial charge in [-0.15, -0.1) is 0 Å². The Kier molecular flexibility index (Phi) is 5.10. The summed E-state index contributed by atoms with van der Waals surface area (Å²) < 4.78 is 6.03. The highest BCUT2D eigenvalue weighted by Gasteiger charge is 2.23. The van der Waals surface area contributed by atoms with E-state index in [9.17, 15) is 0 Å². The topological polar surface area (TPSA) is 38.5 Å². The first-order chi connectivity index (χ1) is 9.44. The van der Waals surface area contributed by atoms with Crippen LogP contribution < -0.4 is 10.6 Å². The summed E-state index contributed by atoms with van der Waals surface area (Å²) in [6.07, 6.45) is 2.75. The predicted molar refractivity (Wildman–Crippen MR) is 90.2 cm³/mol. The molecule has 1 fully saturated rings. The van der Waals surface area contributed by atoms with Gasteiger partial charge in [-0.2, -0.15) is 0 Å². The molecule has 1 aliphatic heterocycles. The lowest BCUT2D eigenvalue weighted by atomic mass is 10.2. The van der Waals surface area contributed by atoms with Crippen molar-refractivity contribution in [1.82, 2.24) is 0 Å². The van der Waals surface area contributed by atoms with Crippen LogP contribution in [0, 0.1) is 0 Å². The van der Waals surface area contributed by atoms with Gasteiger partial charge >= 0.3 is 0 Å². The second kappa shape index (κ2) is 6.63. The fraction of sp³-hybridized carbons (Fsp3) is 0.625. The van der Waals surface area contributed by atoms with Crippen LogP contribution in [0.2, 0.25) is 25.7 Å². The molecule has 3 nitrogen and oxygen atoms in total. The van der Waals surface area contributed by atoms with Gasteiger partial charge in [-0.05, 0) is 37.1 Å². The van der Waals surface area contributed by atoms with Gasteiger partial charge in [0, 0.05) is 39.1 Å². The fourth-order valence-corrected chi connectivity index (χ4v) is 3.84. The van der Waals surface area contributed by atoms with Crippen molar-refractivity contribution in [3.63, 3.8) is 0 Å². The molecule has 2 rings (SSSR count). The second-order valence-electron chi connectivity index (χ2n) is 6.98. The van der Waals surface area contributed by atoms with Crippen LogP contribution in [0.4, 0.5) is 11.4 Å². The smallest absolute Gasteiger partial charge is 0.0766 e. The summed E-state index contributed by atoms with van der Waals surface area (Å²) in [5.74, 6) is 0. The summed E-state index contributed by atoms with van der Waals surface area (Å²) >= 11 is 0. The zero-order chi connectivity index (χ0) is 14.6. The molecule has 1 aliphatic rings. The van der Waals surface area contributed by atoms with E-state index in [-0.39, 0.29) is 0 Å². The van der Waals surface area contributed by atoms with E-state index >= 15 is 0 Å². The van der Waals surface area contributed by atoms with Crippen LogP contribution in [0.5, 0.6) is 0 Å². The van der Waals surface area contributed by atoms with Crippen LogP contribution in [0.3, 0.4) is 0 Å². The van der Waals surface area contributed by atoms with E-state index < -0.39 is 8.07 Å². The van der Waals surface area contributed by atoms with Crippen molar-refractivity contribution in [3.8, 4) is 0 Å². The zero-order valence-corrected chi connectivity index (χ0v) is 14.1. The van der Waals surface area contributed by atoms with E-state index in [1.54, 1.807) is 0 Å². The van der Waals surface area contributed by atoms with Gasteiger partial charge in [0.05, 0.1) is 6.10 Å². The van der Waals surface area contributed by atoms with E-state index in [4.69, 9.17) is 10.5 Å². The van der Waals surface area contributed by atoms with E-state index in [0.717, 1.165) is 31.8 Å². The number of hydrogen-bond donors (Lipinski definition) is 1. The summed E-state index contributed by atoms with van der Waals surface area (Å²) in [5, 5.41) is 0. The van der Waals surface area contributed by atoms with Crippen molar-refractivity contribution in [1.29, 1.82) is 0 Å². The molecular weight excluding hydrogens is 264 g/mol. The Balaban J connectivity index is 1.71. The molecule has 0 spiro atoms. The first-order valence-electron chi connectivity index (χ1n) is 7.66. The minimum absolute atomic E-state index is 0.397. The molecule has 0 aliphatic carbocycles. The number of anilines is 2. The van der Waals surface area contributed by atoms with Gasteiger partial charge in [0.2, 0.25) is 0 Å². The van der Waals surface area contributed by atoms with Gasteiger partial charge in [-0.25, -0.2) is 0 Å². The Morgan fingerprint density at radius 3 is 2.60 bits per heavy atom. The van der Waals surface area contributed by atoms with E-state index in [1.807, 2.05) is 12.1 Å². The first-order valence-corrected chi connectivity index (χ1v) is 11.4. The van der Waals surface area contributed by atoms with Gasteiger partial charge in [0.25, 0.3) is 0 Å². The van der Waals surface area contributed by atoms with E-state index in [0.29, 0.717) is 6.10 Å². The maximum atomic E-state index is 6.03. The summed E-state index contributed by atoms with van der Waals surface area (Å²) in [5.41, 5.74) is 7.81. The highest BCUT2D eigenvalue weighted by Crippen LogP contribution is 2.23. The maximum Gasteiger partial charge on any atom is 0.0766 e. The lowest BCUT2D eigenvalue weighted by molar-refractivity contribution is 0.0686. The molecule has 112 valence electrons. The average molecular weight is 292 g/mol. The number of hydrogen-bond acceptors (Lipinski definition) is 3. The second-order valence-corrected chi connectivity index (χ2v) is 12.6. The molecular formula is C16H28N2OSi. The Hall–Kier alpha value is -1.00. The molecule has 1 atom stereocenters. The molecule has 0 amide bonds. The molecule has 1 heterocycles. The van der Waals surface area contributed by atoms with Crippen molar-refractivity contribution in [2.45, 2.75) is 44.6 Å². The summed E-state index contributed by atoms with van der Waals surface area (Å²) in [4.78, 5) is 2.39. The standard InChI is InChI=1S/C16H28N2OSi/c1-20(2,3)12-4-11-19-16-9-10-18(13-16)15-7-5-14(17)6-8-15/h5-8,16H,4,9-13,17H2,1-3H3. The van der Waals surface area contributed by atoms with Crippen molar-refractivity contribution in [3.05, 3.63) is 24.3 Å². The Morgan fingerprint density at radius 1 is 1.25 bits per heavy atom. The largest absolute Gasteiger partial charge is 0.399 e. The molecule has 0 radical (unpaired) electrons. The van der Waals surface area contributed by atoms with Gasteiger partial charge in [-0.3, -0.25) is 0 Å². The summed E-state index contributed by atoms with van der Waals surface area (Å²) in [6.45, 7) is 10.3. The first kappa shape index (κ1) is 15.4. The van der Waals surface area contributed by atoms with Crippen LogP contribution in [0.1, 0.15) is 12.8 Å². The molecule has 2 N–H and O–H groups in total. The van der Waals surface area contributed by atoms with E-state index in [1.165, 1.54) is 18.2 Å². The molecule has 1 unspecified atom stereocenters. The number of ether oxygens (including phenoxy) is 1. The Bertz CT molecular complexity index is 413. The van der Waals surface area contributed by atoms with Gasteiger partial charge in [0.1, 0.15) is 0 Å². The van der Waals surface area contributed by atoms with Gasteiger partial charge < -0.3 is 15.4 Å². The molecule has 0 aromatic heterocycles. The monoisotopic (exact) mass is 292 g/mol. The number of nitrogens with two attached hydrogens (primary N) is 1. The van der Waals surface area contributed by atoms with Crippen LogP contribution in [-0.4, -0.2) is 33.9 Å². The fourth-order valence-electron chi connectivity index (χ4n) is 2.64. The van der Waals surface area contributed by atoms with Gasteiger partial charge in [-0.1, -0.05) is 25.7 Å². The van der Waals surface area contributed by atoms with Crippen LogP contribution in [-0.2, 0) is 4.74 Å². The normalized spacial score (nSPS) is 19.6. The molecule has 4 heteroatoms. The van der Waals surface area contributed by atoms with Crippen molar-refractivity contribution in [2.75, 3.05) is 30.3 Å². The number of nitrogens with zero attached hydrogens (tertiary/aromatic N) is 1. The quantitative estimate of drug-likeness (QED) is 0.495. The van der Waals surface area contributed by atoms with Crippen molar-refractivity contribution in [2.24, 2.45) is 0 Å². The third-order valence-electron chi connectivity index (χ3n) is 3.83. The van der Waals surface area contributed by atoms with Crippen LogP contribution in [0.25, 0.3) is 0 Å². The zero-order valence-electron chi connectivity index (χ0n) is 13.1. The molecule has 0 saturated carbocycles. The van der Waals surface area contributed by atoms with Crippen LogP contribution in [0.15, 0.2) is 24.3 Å². The maximum absolute atomic E-state index is 6.03. The number of benzene rings is 1. The van der Waals surface area contributed by atoms with Crippen LogP contribution >= 0.6 is 0 Å². The highest BCUT2D eigenvalue weighted by molar-refractivity contribution is 6.76. The molecule has 20 heavy (non-hydrogen) atoms. The lowest BCUT2D eigenvalue weighted by Gasteiger charge is -2.19.